The third-order valence-electron chi connectivity index (χ3n) is 6.92. The van der Waals surface area contributed by atoms with E-state index < -0.39 is 0 Å². The number of hydrogen-bond acceptors (Lipinski definition) is 6. The predicted molar refractivity (Wildman–Crippen MR) is 132 cm³/mol. The van der Waals surface area contributed by atoms with Crippen molar-refractivity contribution in [2.75, 3.05) is 52.6 Å². The van der Waals surface area contributed by atoms with Gasteiger partial charge >= 0.3 is 0 Å². The van der Waals surface area contributed by atoms with Gasteiger partial charge in [-0.05, 0) is 69.6 Å². The second-order valence-electron chi connectivity index (χ2n) is 9.46. The van der Waals surface area contributed by atoms with E-state index >= 15 is 0 Å². The first-order valence-corrected chi connectivity index (χ1v) is 12.7. The van der Waals surface area contributed by atoms with E-state index in [-0.39, 0.29) is 0 Å². The van der Waals surface area contributed by atoms with Crippen LogP contribution in [0.1, 0.15) is 64.2 Å². The van der Waals surface area contributed by atoms with Gasteiger partial charge in [-0.25, -0.2) is 20.8 Å². The van der Waals surface area contributed by atoms with Gasteiger partial charge in [0, 0.05) is 39.3 Å². The van der Waals surface area contributed by atoms with Crippen LogP contribution in [-0.2, 0) is 0 Å². The van der Waals surface area contributed by atoms with Crippen LogP contribution < -0.4 is 33.2 Å². The molecule has 0 bridgehead atoms. The van der Waals surface area contributed by atoms with Crippen LogP contribution in [0.15, 0.2) is 9.98 Å². The van der Waals surface area contributed by atoms with Gasteiger partial charge in [0.05, 0.1) is 0 Å². The molecular formula is C22H46N10. The maximum Gasteiger partial charge on any atom is 0.192 e. The van der Waals surface area contributed by atoms with Crippen molar-refractivity contribution in [3.05, 3.63) is 0 Å². The Bertz CT molecular complexity index is 521. The van der Waals surface area contributed by atoms with Gasteiger partial charge in [0.25, 0.3) is 0 Å². The van der Waals surface area contributed by atoms with Crippen LogP contribution in [0.2, 0.25) is 0 Å². The minimum absolute atomic E-state index is 0.519. The summed E-state index contributed by atoms with van der Waals surface area (Å²) in [5, 5.41) is 0. The highest BCUT2D eigenvalue weighted by molar-refractivity contribution is 5.78. The first-order valence-electron chi connectivity index (χ1n) is 12.7. The third-order valence-corrected chi connectivity index (χ3v) is 6.92. The Balaban J connectivity index is 1.22. The molecule has 8 N–H and O–H groups in total. The molecule has 10 heteroatoms. The number of guanidine groups is 2. The molecule has 2 heterocycles. The second-order valence-corrected chi connectivity index (χ2v) is 9.46. The summed E-state index contributed by atoms with van der Waals surface area (Å²) in [6.45, 7) is 7.12. The molecule has 0 spiro atoms. The van der Waals surface area contributed by atoms with E-state index in [1.165, 1.54) is 64.2 Å². The molecule has 0 aromatic heterocycles. The molecule has 3 rings (SSSR count). The van der Waals surface area contributed by atoms with E-state index in [1.807, 2.05) is 0 Å². The van der Waals surface area contributed by atoms with Crippen molar-refractivity contribution >= 4 is 11.9 Å². The number of aliphatic imine (C=N–C) groups is 2. The van der Waals surface area contributed by atoms with Crippen molar-refractivity contribution in [1.29, 1.82) is 0 Å². The summed E-state index contributed by atoms with van der Waals surface area (Å²) in [6.07, 6.45) is 12.6. The summed E-state index contributed by atoms with van der Waals surface area (Å²) in [5.41, 5.74) is 25.3. The Kier molecular flexibility index (Phi) is 11.3. The van der Waals surface area contributed by atoms with Crippen LogP contribution in [0.3, 0.4) is 0 Å². The van der Waals surface area contributed by atoms with Gasteiger partial charge in [0.2, 0.25) is 0 Å². The minimum atomic E-state index is 0.519. The van der Waals surface area contributed by atoms with E-state index in [0.29, 0.717) is 37.1 Å². The SMILES string of the molecule is NC(=NCNNCC1CCCC(CNNCN=C(N)N2CCCCC2)C1)N1CCCCC1. The summed E-state index contributed by atoms with van der Waals surface area (Å²) in [5.74, 6) is 2.72. The Labute approximate surface area is 194 Å². The van der Waals surface area contributed by atoms with Crippen LogP contribution in [0, 0.1) is 11.8 Å². The van der Waals surface area contributed by atoms with Crippen molar-refractivity contribution in [3.8, 4) is 0 Å². The molecule has 0 radical (unpaired) electrons. The molecule has 3 aliphatic rings. The Morgan fingerprint density at radius 2 is 1.06 bits per heavy atom. The van der Waals surface area contributed by atoms with Gasteiger partial charge in [0.15, 0.2) is 11.9 Å². The van der Waals surface area contributed by atoms with E-state index in [4.69, 9.17) is 11.5 Å². The van der Waals surface area contributed by atoms with Crippen molar-refractivity contribution in [3.63, 3.8) is 0 Å². The lowest BCUT2D eigenvalue weighted by molar-refractivity contribution is 0.240. The lowest BCUT2D eigenvalue weighted by Crippen LogP contribution is -2.43. The van der Waals surface area contributed by atoms with Crippen LogP contribution in [0.5, 0.6) is 0 Å². The number of rotatable bonds is 10. The molecule has 0 aromatic rings. The van der Waals surface area contributed by atoms with Crippen molar-refractivity contribution in [2.24, 2.45) is 33.3 Å². The van der Waals surface area contributed by atoms with E-state index in [1.54, 1.807) is 0 Å². The molecule has 1 aliphatic carbocycles. The molecule has 1 saturated carbocycles. The van der Waals surface area contributed by atoms with Crippen molar-refractivity contribution < 1.29 is 0 Å². The van der Waals surface area contributed by atoms with Gasteiger partial charge in [0.1, 0.15) is 13.3 Å². The quantitative estimate of drug-likeness (QED) is 0.123. The molecular weight excluding hydrogens is 404 g/mol. The molecule has 3 fully saturated rings. The maximum absolute atomic E-state index is 6.09. The monoisotopic (exact) mass is 450 g/mol. The zero-order valence-electron chi connectivity index (χ0n) is 19.8. The smallest absolute Gasteiger partial charge is 0.192 e. The van der Waals surface area contributed by atoms with Crippen LogP contribution in [-0.4, -0.2) is 74.3 Å². The fraction of sp³-hybridized carbons (Fsp3) is 0.909. The summed E-state index contributed by atoms with van der Waals surface area (Å²) in [4.78, 5) is 13.3. The van der Waals surface area contributed by atoms with Gasteiger partial charge < -0.3 is 21.3 Å². The van der Waals surface area contributed by atoms with E-state index in [9.17, 15) is 0 Å². The van der Waals surface area contributed by atoms with Gasteiger partial charge in [-0.15, -0.1) is 0 Å². The first-order chi connectivity index (χ1) is 15.7. The first kappa shape index (κ1) is 25.0. The van der Waals surface area contributed by atoms with Gasteiger partial charge in [-0.2, -0.15) is 0 Å². The molecule has 184 valence electrons. The average molecular weight is 451 g/mol. The third kappa shape index (κ3) is 9.09. The normalized spacial score (nSPS) is 25.9. The minimum Gasteiger partial charge on any atom is -0.370 e. The molecule has 2 aliphatic heterocycles. The summed E-state index contributed by atoms with van der Waals surface area (Å²) < 4.78 is 0. The highest BCUT2D eigenvalue weighted by Crippen LogP contribution is 2.27. The number of hydrogen-bond donors (Lipinski definition) is 6. The highest BCUT2D eigenvalue weighted by atomic mass is 15.4. The Morgan fingerprint density at radius 3 is 1.50 bits per heavy atom. The molecule has 2 unspecified atom stereocenters. The van der Waals surface area contributed by atoms with E-state index in [2.05, 4.69) is 41.5 Å². The molecule has 10 nitrogen and oxygen atoms in total. The summed E-state index contributed by atoms with van der Waals surface area (Å²) in [7, 11) is 0. The zero-order valence-corrected chi connectivity index (χ0v) is 19.8. The van der Waals surface area contributed by atoms with Crippen LogP contribution in [0.4, 0.5) is 0 Å². The number of nitrogens with zero attached hydrogens (tertiary/aromatic N) is 4. The topological polar surface area (TPSA) is 131 Å². The number of piperidine rings is 2. The average Bonchev–Trinajstić information content (AvgIpc) is 2.84. The van der Waals surface area contributed by atoms with Crippen molar-refractivity contribution in [2.45, 2.75) is 64.2 Å². The standard InChI is InChI=1S/C22H46N10/c23-21(31-10-3-1-4-11-31)25-17-29-27-15-19-8-7-9-20(14-19)16-28-30-18-26-22(24)32-12-5-2-6-13-32/h19-20,27-30H,1-18H2,(H2,23,25)(H2,24,26). The van der Waals surface area contributed by atoms with Crippen molar-refractivity contribution in [1.82, 2.24) is 31.5 Å². The molecule has 2 saturated heterocycles. The lowest BCUT2D eigenvalue weighted by atomic mass is 9.81. The largest absolute Gasteiger partial charge is 0.370 e. The molecule has 0 amide bonds. The maximum atomic E-state index is 6.09. The molecule has 0 aromatic carbocycles. The van der Waals surface area contributed by atoms with Gasteiger partial charge in [-0.1, -0.05) is 6.42 Å². The lowest BCUT2D eigenvalue weighted by Gasteiger charge is -2.30. The fourth-order valence-corrected chi connectivity index (χ4v) is 5.00. The number of nitrogens with one attached hydrogen (secondary N) is 4. The summed E-state index contributed by atoms with van der Waals surface area (Å²) >= 11 is 0. The molecule has 2 atom stereocenters. The van der Waals surface area contributed by atoms with Crippen LogP contribution >= 0.6 is 0 Å². The van der Waals surface area contributed by atoms with E-state index in [0.717, 1.165) is 39.3 Å². The highest BCUT2D eigenvalue weighted by Gasteiger charge is 2.21. The second kappa shape index (κ2) is 14.5. The summed E-state index contributed by atoms with van der Waals surface area (Å²) in [6, 6.07) is 0. The fourth-order valence-electron chi connectivity index (χ4n) is 5.00. The molecule has 32 heavy (non-hydrogen) atoms. The predicted octanol–water partition coefficient (Wildman–Crippen LogP) is 0.497. The van der Waals surface area contributed by atoms with Gasteiger partial charge in [-0.3, -0.25) is 10.9 Å². The number of likely N-dealkylation sites (tertiary alicyclic amines) is 2. The number of hydrazine groups is 2. The Morgan fingerprint density at radius 1 is 0.625 bits per heavy atom. The zero-order chi connectivity index (χ0) is 22.4. The Hall–Kier alpha value is -1.62. The van der Waals surface area contributed by atoms with Crippen LogP contribution in [0.25, 0.3) is 0 Å². The number of nitrogens with two attached hydrogens (primary N) is 2.